The van der Waals surface area contributed by atoms with Crippen molar-refractivity contribution in [2.75, 3.05) is 33.3 Å². The number of carbonyl (C=O) groups excluding carboxylic acids is 2. The average Bonchev–Trinajstić information content (AvgIpc) is 2.85. The molecule has 0 spiro atoms. The highest BCUT2D eigenvalue weighted by molar-refractivity contribution is 5.91. The van der Waals surface area contributed by atoms with Crippen LogP contribution in [-0.2, 0) is 14.3 Å². The molecule has 2 N–H and O–H groups in total. The number of amides is 2. The van der Waals surface area contributed by atoms with Crippen molar-refractivity contribution in [3.8, 4) is 0 Å². The molecule has 6 heteroatoms. The normalized spacial score (nSPS) is 32.3. The molecule has 18 heavy (non-hydrogen) atoms. The summed E-state index contributed by atoms with van der Waals surface area (Å²) in [4.78, 5) is 26.0. The lowest BCUT2D eigenvalue weighted by Gasteiger charge is -2.39. The van der Waals surface area contributed by atoms with Crippen LogP contribution in [0.15, 0.2) is 0 Å². The van der Waals surface area contributed by atoms with Crippen molar-refractivity contribution < 1.29 is 14.3 Å². The lowest BCUT2D eigenvalue weighted by atomic mass is 9.99. The van der Waals surface area contributed by atoms with E-state index in [0.717, 1.165) is 19.4 Å². The van der Waals surface area contributed by atoms with Gasteiger partial charge in [0.1, 0.15) is 11.6 Å². The molecule has 0 aromatic heterocycles. The maximum atomic E-state index is 12.5. The number of likely N-dealkylation sites (N-methyl/N-ethyl adjacent to an activating group) is 1. The largest absolute Gasteiger partial charge is 0.365 e. The summed E-state index contributed by atoms with van der Waals surface area (Å²) in [5, 5.41) is 5.75. The zero-order valence-electron chi connectivity index (χ0n) is 11.0. The summed E-state index contributed by atoms with van der Waals surface area (Å²) < 4.78 is 5.57. The molecular weight excluding hydrogens is 234 g/mol. The van der Waals surface area contributed by atoms with Gasteiger partial charge in [0.05, 0.1) is 0 Å². The zero-order chi connectivity index (χ0) is 13.2. The van der Waals surface area contributed by atoms with Crippen LogP contribution in [0.4, 0.5) is 0 Å². The summed E-state index contributed by atoms with van der Waals surface area (Å²) >= 11 is 0. The van der Waals surface area contributed by atoms with Crippen molar-refractivity contribution in [3.05, 3.63) is 0 Å². The molecule has 0 saturated carbocycles. The first-order chi connectivity index (χ1) is 8.58. The van der Waals surface area contributed by atoms with Crippen molar-refractivity contribution in [1.82, 2.24) is 15.5 Å². The fourth-order valence-corrected chi connectivity index (χ4v) is 2.60. The topological polar surface area (TPSA) is 70.7 Å². The fourth-order valence-electron chi connectivity index (χ4n) is 2.60. The molecular formula is C12H21N3O3. The van der Waals surface area contributed by atoms with E-state index in [1.807, 2.05) is 6.92 Å². The Balaban J connectivity index is 2.13. The van der Waals surface area contributed by atoms with E-state index in [4.69, 9.17) is 4.74 Å². The molecule has 2 heterocycles. The van der Waals surface area contributed by atoms with E-state index >= 15 is 0 Å². The van der Waals surface area contributed by atoms with Crippen molar-refractivity contribution in [2.45, 2.75) is 31.4 Å². The van der Waals surface area contributed by atoms with Crippen LogP contribution in [0.3, 0.4) is 0 Å². The molecule has 2 aliphatic rings. The van der Waals surface area contributed by atoms with Crippen LogP contribution < -0.4 is 10.6 Å². The van der Waals surface area contributed by atoms with Gasteiger partial charge in [-0.15, -0.1) is 0 Å². The number of nitrogens with one attached hydrogen (secondary N) is 2. The molecule has 2 rings (SSSR count). The minimum atomic E-state index is -0.746. The second-order valence-electron chi connectivity index (χ2n) is 5.02. The number of nitrogens with zero attached hydrogens (tertiary/aromatic N) is 1. The zero-order valence-corrected chi connectivity index (χ0v) is 11.0. The van der Waals surface area contributed by atoms with E-state index in [2.05, 4.69) is 10.6 Å². The Morgan fingerprint density at radius 1 is 1.50 bits per heavy atom. The van der Waals surface area contributed by atoms with Gasteiger partial charge >= 0.3 is 0 Å². The first kappa shape index (κ1) is 13.3. The van der Waals surface area contributed by atoms with Crippen molar-refractivity contribution in [3.63, 3.8) is 0 Å². The van der Waals surface area contributed by atoms with E-state index in [1.165, 1.54) is 0 Å². The van der Waals surface area contributed by atoms with Crippen molar-refractivity contribution >= 4 is 11.8 Å². The van der Waals surface area contributed by atoms with Crippen LogP contribution in [-0.4, -0.2) is 61.6 Å². The highest BCUT2D eigenvalue weighted by Crippen LogP contribution is 2.28. The summed E-state index contributed by atoms with van der Waals surface area (Å²) in [5.74, 6) is -0.188. The summed E-state index contributed by atoms with van der Waals surface area (Å²) in [6.45, 7) is 4.22. The number of ether oxygens (including phenoxy) is 1. The third-order valence-electron chi connectivity index (χ3n) is 3.72. The molecule has 2 amide bonds. The van der Waals surface area contributed by atoms with Gasteiger partial charge in [0, 0.05) is 33.3 Å². The third kappa shape index (κ3) is 2.35. The minimum Gasteiger partial charge on any atom is -0.365 e. The Kier molecular flexibility index (Phi) is 3.87. The summed E-state index contributed by atoms with van der Waals surface area (Å²) in [5.41, 5.74) is -0.746. The summed E-state index contributed by atoms with van der Waals surface area (Å²) in [7, 11) is 1.59. The number of rotatable bonds is 2. The lowest BCUT2D eigenvalue weighted by molar-refractivity contribution is -0.157. The molecule has 6 nitrogen and oxygen atoms in total. The maximum Gasteiger partial charge on any atom is 0.255 e. The molecule has 2 unspecified atom stereocenters. The van der Waals surface area contributed by atoms with Crippen LogP contribution in [0, 0.1) is 0 Å². The Morgan fingerprint density at radius 3 is 2.89 bits per heavy atom. The van der Waals surface area contributed by atoms with Gasteiger partial charge < -0.3 is 20.3 Å². The third-order valence-corrected chi connectivity index (χ3v) is 3.72. The Bertz CT molecular complexity index is 339. The monoisotopic (exact) mass is 255 g/mol. The van der Waals surface area contributed by atoms with Gasteiger partial charge in [-0.2, -0.15) is 0 Å². The predicted octanol–water partition coefficient (Wildman–Crippen LogP) is -0.898. The Hall–Kier alpha value is -1.14. The lowest BCUT2D eigenvalue weighted by Crippen LogP contribution is -2.62. The van der Waals surface area contributed by atoms with Gasteiger partial charge in [-0.25, -0.2) is 0 Å². The number of hydrogen-bond acceptors (Lipinski definition) is 4. The van der Waals surface area contributed by atoms with Gasteiger partial charge in [0.2, 0.25) is 5.91 Å². The van der Waals surface area contributed by atoms with Gasteiger partial charge in [0.25, 0.3) is 5.91 Å². The van der Waals surface area contributed by atoms with Crippen molar-refractivity contribution in [1.29, 1.82) is 0 Å². The molecule has 0 bridgehead atoms. The average molecular weight is 255 g/mol. The number of hydrogen-bond donors (Lipinski definition) is 2. The predicted molar refractivity (Wildman–Crippen MR) is 66.0 cm³/mol. The Morgan fingerprint density at radius 2 is 2.28 bits per heavy atom. The minimum absolute atomic E-state index is 0.0601. The standard InChI is InChI=1S/C12H21N3O3/c1-12(4-3-7-18-12)11(17)15-6-5-14-8-9(15)10(16)13-2/h9,14H,3-8H2,1-2H3,(H,13,16). The van der Waals surface area contributed by atoms with Crippen LogP contribution >= 0.6 is 0 Å². The fraction of sp³-hybridized carbons (Fsp3) is 0.833. The van der Waals surface area contributed by atoms with Crippen molar-refractivity contribution in [2.24, 2.45) is 0 Å². The van der Waals surface area contributed by atoms with E-state index in [0.29, 0.717) is 19.7 Å². The first-order valence-electron chi connectivity index (χ1n) is 6.46. The highest BCUT2D eigenvalue weighted by Gasteiger charge is 2.44. The van der Waals surface area contributed by atoms with E-state index in [1.54, 1.807) is 11.9 Å². The van der Waals surface area contributed by atoms with Gasteiger partial charge in [-0.05, 0) is 19.8 Å². The molecule has 0 aromatic carbocycles. The molecule has 0 aromatic rings. The van der Waals surface area contributed by atoms with Gasteiger partial charge in [-0.3, -0.25) is 9.59 Å². The molecule has 2 aliphatic heterocycles. The first-order valence-corrected chi connectivity index (χ1v) is 6.46. The molecule has 2 saturated heterocycles. The van der Waals surface area contributed by atoms with Crippen LogP contribution in [0.1, 0.15) is 19.8 Å². The molecule has 102 valence electrons. The van der Waals surface area contributed by atoms with E-state index in [9.17, 15) is 9.59 Å². The highest BCUT2D eigenvalue weighted by atomic mass is 16.5. The molecule has 0 radical (unpaired) electrons. The summed E-state index contributed by atoms with van der Waals surface area (Å²) in [6, 6.07) is -0.433. The smallest absolute Gasteiger partial charge is 0.255 e. The molecule has 2 fully saturated rings. The number of carbonyl (C=O) groups is 2. The maximum absolute atomic E-state index is 12.5. The SMILES string of the molecule is CNC(=O)C1CNCCN1C(=O)C1(C)CCCO1. The Labute approximate surface area is 107 Å². The molecule has 2 atom stereocenters. The van der Waals surface area contributed by atoms with Gasteiger partial charge in [0.15, 0.2) is 0 Å². The van der Waals surface area contributed by atoms with E-state index < -0.39 is 11.6 Å². The van der Waals surface area contributed by atoms with Crippen LogP contribution in [0.2, 0.25) is 0 Å². The summed E-state index contributed by atoms with van der Waals surface area (Å²) in [6.07, 6.45) is 1.63. The second kappa shape index (κ2) is 5.24. The second-order valence-corrected chi connectivity index (χ2v) is 5.02. The van der Waals surface area contributed by atoms with Gasteiger partial charge in [-0.1, -0.05) is 0 Å². The van der Waals surface area contributed by atoms with Crippen LogP contribution in [0.5, 0.6) is 0 Å². The van der Waals surface area contributed by atoms with Crippen LogP contribution in [0.25, 0.3) is 0 Å². The quantitative estimate of drug-likeness (QED) is 0.671. The van der Waals surface area contributed by atoms with E-state index in [-0.39, 0.29) is 11.8 Å². The molecule has 0 aliphatic carbocycles. The number of piperazine rings is 1.